The maximum absolute atomic E-state index is 5.58. The zero-order valence-electron chi connectivity index (χ0n) is 12.5. The number of rotatable bonds is 5. The molecule has 1 aromatic carbocycles. The Morgan fingerprint density at radius 1 is 1.26 bits per heavy atom. The summed E-state index contributed by atoms with van der Waals surface area (Å²) in [5.41, 5.74) is 2.73. The van der Waals surface area contributed by atoms with Gasteiger partial charge in [0.05, 0.1) is 7.11 Å². The highest BCUT2D eigenvalue weighted by molar-refractivity contribution is 5.40. The lowest BCUT2D eigenvalue weighted by Crippen LogP contribution is -2.37. The van der Waals surface area contributed by atoms with Crippen molar-refractivity contribution in [2.45, 2.75) is 57.9 Å². The lowest BCUT2D eigenvalue weighted by molar-refractivity contribution is 0.317. The quantitative estimate of drug-likeness (QED) is 0.864. The maximum atomic E-state index is 5.58. The molecule has 0 spiro atoms. The normalized spacial score (nSPS) is 23.3. The third kappa shape index (κ3) is 3.50. The second-order valence-electron chi connectivity index (χ2n) is 5.70. The van der Waals surface area contributed by atoms with E-state index in [1.807, 2.05) is 0 Å². The molecule has 0 radical (unpaired) electrons. The van der Waals surface area contributed by atoms with Gasteiger partial charge in [0.2, 0.25) is 0 Å². The van der Waals surface area contributed by atoms with Crippen LogP contribution in [-0.4, -0.2) is 19.7 Å². The molecule has 2 unspecified atom stereocenters. The summed E-state index contributed by atoms with van der Waals surface area (Å²) < 4.78 is 5.58. The van der Waals surface area contributed by atoms with Gasteiger partial charge >= 0.3 is 0 Å². The molecular weight excluding hydrogens is 234 g/mol. The first-order valence-corrected chi connectivity index (χ1v) is 7.64. The Morgan fingerprint density at radius 2 is 2.05 bits per heavy atom. The average molecular weight is 261 g/mol. The Balaban J connectivity index is 2.23. The monoisotopic (exact) mass is 261 g/mol. The molecule has 2 atom stereocenters. The molecule has 2 heteroatoms. The van der Waals surface area contributed by atoms with Gasteiger partial charge in [0.1, 0.15) is 5.75 Å². The Kier molecular flexibility index (Phi) is 5.26. The van der Waals surface area contributed by atoms with E-state index in [2.05, 4.69) is 37.4 Å². The predicted octanol–water partition coefficient (Wildman–Crippen LogP) is 4.03. The SMILES string of the molecule is CCCNC1CCCCC1c1cc(C)ccc1OC. The van der Waals surface area contributed by atoms with E-state index in [9.17, 15) is 0 Å². The molecule has 1 aliphatic carbocycles. The number of aryl methyl sites for hydroxylation is 1. The van der Waals surface area contributed by atoms with Crippen LogP contribution in [0.3, 0.4) is 0 Å². The molecule has 0 saturated heterocycles. The number of ether oxygens (including phenoxy) is 1. The van der Waals surface area contributed by atoms with E-state index in [-0.39, 0.29) is 0 Å². The van der Waals surface area contributed by atoms with Crippen molar-refractivity contribution in [3.63, 3.8) is 0 Å². The molecule has 2 rings (SSSR count). The molecule has 0 heterocycles. The van der Waals surface area contributed by atoms with E-state index in [0.29, 0.717) is 12.0 Å². The summed E-state index contributed by atoms with van der Waals surface area (Å²) in [6, 6.07) is 7.19. The molecule has 2 nitrogen and oxygen atoms in total. The topological polar surface area (TPSA) is 21.3 Å². The molecular formula is C17H27NO. The zero-order valence-corrected chi connectivity index (χ0v) is 12.5. The van der Waals surface area contributed by atoms with Crippen molar-refractivity contribution in [2.75, 3.05) is 13.7 Å². The molecule has 1 N–H and O–H groups in total. The molecule has 1 aromatic rings. The minimum atomic E-state index is 0.607. The van der Waals surface area contributed by atoms with E-state index in [0.717, 1.165) is 12.3 Å². The number of hydrogen-bond donors (Lipinski definition) is 1. The van der Waals surface area contributed by atoms with Gasteiger partial charge in [-0.2, -0.15) is 0 Å². The summed E-state index contributed by atoms with van der Waals surface area (Å²) in [7, 11) is 1.78. The Hall–Kier alpha value is -1.02. The minimum Gasteiger partial charge on any atom is -0.496 e. The van der Waals surface area contributed by atoms with Gasteiger partial charge in [0, 0.05) is 12.0 Å². The highest BCUT2D eigenvalue weighted by atomic mass is 16.5. The smallest absolute Gasteiger partial charge is 0.122 e. The zero-order chi connectivity index (χ0) is 13.7. The van der Waals surface area contributed by atoms with E-state index in [4.69, 9.17) is 4.74 Å². The molecule has 106 valence electrons. The fourth-order valence-corrected chi connectivity index (χ4v) is 3.22. The maximum Gasteiger partial charge on any atom is 0.122 e. The number of benzene rings is 1. The highest BCUT2D eigenvalue weighted by Crippen LogP contribution is 2.38. The molecule has 0 aliphatic heterocycles. The minimum absolute atomic E-state index is 0.607. The van der Waals surface area contributed by atoms with Gasteiger partial charge < -0.3 is 10.1 Å². The standard InChI is InChI=1S/C17H27NO/c1-4-11-18-16-8-6-5-7-14(16)15-12-13(2)9-10-17(15)19-3/h9-10,12,14,16,18H,4-8,11H2,1-3H3. The summed E-state index contributed by atoms with van der Waals surface area (Å²) >= 11 is 0. The van der Waals surface area contributed by atoms with E-state index in [1.54, 1.807) is 7.11 Å². The molecule has 19 heavy (non-hydrogen) atoms. The first-order valence-electron chi connectivity index (χ1n) is 7.64. The van der Waals surface area contributed by atoms with Crippen molar-refractivity contribution in [1.82, 2.24) is 5.32 Å². The van der Waals surface area contributed by atoms with Crippen molar-refractivity contribution < 1.29 is 4.74 Å². The number of hydrogen-bond acceptors (Lipinski definition) is 2. The van der Waals surface area contributed by atoms with Crippen molar-refractivity contribution in [1.29, 1.82) is 0 Å². The average Bonchev–Trinajstić information content (AvgIpc) is 2.45. The van der Waals surface area contributed by atoms with E-state index in [1.165, 1.54) is 43.2 Å². The van der Waals surface area contributed by atoms with Crippen LogP contribution in [0.25, 0.3) is 0 Å². The fourth-order valence-electron chi connectivity index (χ4n) is 3.22. The number of methoxy groups -OCH3 is 1. The van der Waals surface area contributed by atoms with Gasteiger partial charge in [-0.25, -0.2) is 0 Å². The molecule has 0 bridgehead atoms. The van der Waals surface area contributed by atoms with Gasteiger partial charge in [-0.15, -0.1) is 0 Å². The third-order valence-corrected chi connectivity index (χ3v) is 4.21. The first-order chi connectivity index (χ1) is 9.26. The van der Waals surface area contributed by atoms with Crippen LogP contribution in [0.5, 0.6) is 5.75 Å². The Morgan fingerprint density at radius 3 is 2.79 bits per heavy atom. The highest BCUT2D eigenvalue weighted by Gasteiger charge is 2.28. The second kappa shape index (κ2) is 6.95. The van der Waals surface area contributed by atoms with Crippen molar-refractivity contribution in [3.8, 4) is 5.75 Å². The summed E-state index contributed by atoms with van der Waals surface area (Å²) in [4.78, 5) is 0. The molecule has 0 amide bonds. The predicted molar refractivity (Wildman–Crippen MR) is 81.0 cm³/mol. The number of nitrogens with one attached hydrogen (secondary N) is 1. The Bertz CT molecular complexity index is 402. The van der Waals surface area contributed by atoms with Crippen LogP contribution in [0.2, 0.25) is 0 Å². The van der Waals surface area contributed by atoms with Gasteiger partial charge in [-0.1, -0.05) is 37.5 Å². The van der Waals surface area contributed by atoms with Crippen LogP contribution in [-0.2, 0) is 0 Å². The first kappa shape index (κ1) is 14.4. The molecule has 1 fully saturated rings. The summed E-state index contributed by atoms with van der Waals surface area (Å²) in [6.45, 7) is 5.52. The summed E-state index contributed by atoms with van der Waals surface area (Å²) in [5, 5.41) is 3.74. The van der Waals surface area contributed by atoms with Crippen LogP contribution in [0.4, 0.5) is 0 Å². The second-order valence-corrected chi connectivity index (χ2v) is 5.70. The molecule has 1 aliphatic rings. The summed E-state index contributed by atoms with van der Waals surface area (Å²) in [6.07, 6.45) is 6.47. The van der Waals surface area contributed by atoms with E-state index >= 15 is 0 Å². The fraction of sp³-hybridized carbons (Fsp3) is 0.647. The van der Waals surface area contributed by atoms with Crippen molar-refractivity contribution in [2.24, 2.45) is 0 Å². The van der Waals surface area contributed by atoms with Crippen LogP contribution < -0.4 is 10.1 Å². The van der Waals surface area contributed by atoms with E-state index < -0.39 is 0 Å². The summed E-state index contributed by atoms with van der Waals surface area (Å²) in [5.74, 6) is 1.66. The van der Waals surface area contributed by atoms with Crippen molar-refractivity contribution >= 4 is 0 Å². The largest absolute Gasteiger partial charge is 0.496 e. The lowest BCUT2D eigenvalue weighted by Gasteiger charge is -2.33. The Labute approximate surface area is 117 Å². The van der Waals surface area contributed by atoms with Gasteiger partial charge in [-0.05, 0) is 44.4 Å². The van der Waals surface area contributed by atoms with Crippen molar-refractivity contribution in [3.05, 3.63) is 29.3 Å². The lowest BCUT2D eigenvalue weighted by atomic mass is 9.79. The van der Waals surface area contributed by atoms with Crippen LogP contribution in [0.15, 0.2) is 18.2 Å². The third-order valence-electron chi connectivity index (χ3n) is 4.21. The van der Waals surface area contributed by atoms with Crippen LogP contribution >= 0.6 is 0 Å². The van der Waals surface area contributed by atoms with Crippen LogP contribution in [0, 0.1) is 6.92 Å². The van der Waals surface area contributed by atoms with Crippen LogP contribution in [0.1, 0.15) is 56.1 Å². The molecule has 0 aromatic heterocycles. The molecule has 1 saturated carbocycles. The van der Waals surface area contributed by atoms with Gasteiger partial charge in [0.15, 0.2) is 0 Å². The van der Waals surface area contributed by atoms with Gasteiger partial charge in [-0.3, -0.25) is 0 Å². The van der Waals surface area contributed by atoms with Gasteiger partial charge in [0.25, 0.3) is 0 Å².